The van der Waals surface area contributed by atoms with Gasteiger partial charge < -0.3 is 24.1 Å². The molecule has 2 atom stereocenters. The summed E-state index contributed by atoms with van der Waals surface area (Å²) in [5.41, 5.74) is -1.37. The highest BCUT2D eigenvalue weighted by Gasteiger charge is 2.35. The largest absolute Gasteiger partial charge is 0.479 e. The van der Waals surface area contributed by atoms with Crippen molar-refractivity contribution in [2.75, 3.05) is 20.3 Å². The van der Waals surface area contributed by atoms with Crippen LogP contribution >= 0.6 is 0 Å². The molecule has 0 saturated heterocycles. The molecule has 0 rings (SSSR count). The van der Waals surface area contributed by atoms with Crippen molar-refractivity contribution in [3.63, 3.8) is 0 Å². The molecule has 0 fully saturated rings. The van der Waals surface area contributed by atoms with Gasteiger partial charge in [0.2, 0.25) is 12.6 Å². The van der Waals surface area contributed by atoms with Crippen molar-refractivity contribution in [1.82, 2.24) is 0 Å². The topological polar surface area (TPSA) is 74.2 Å². The second-order valence-corrected chi connectivity index (χ2v) is 3.82. The maximum atomic E-state index is 11.0. The normalized spacial score (nSPS) is 15.6. The van der Waals surface area contributed by atoms with Gasteiger partial charge in [-0.05, 0) is 27.7 Å². The van der Waals surface area contributed by atoms with Crippen molar-refractivity contribution in [2.45, 2.75) is 45.9 Å². The third kappa shape index (κ3) is 5.45. The van der Waals surface area contributed by atoms with Crippen LogP contribution in [-0.4, -0.2) is 49.6 Å². The predicted octanol–water partition coefficient (Wildman–Crippen LogP) is 1.24. The van der Waals surface area contributed by atoms with E-state index in [-0.39, 0.29) is 0 Å². The number of carbonyl (C=O) groups is 1. The number of rotatable bonds is 9. The maximum Gasteiger partial charge on any atom is 0.335 e. The number of hydrogen-bond donors (Lipinski definition) is 1. The molecule has 17 heavy (non-hydrogen) atoms. The third-order valence-electron chi connectivity index (χ3n) is 2.04. The average molecular weight is 250 g/mol. The number of methoxy groups -OCH3 is 1. The molecule has 0 radical (unpaired) electrons. The van der Waals surface area contributed by atoms with Gasteiger partial charge in [-0.3, -0.25) is 0 Å². The molecule has 0 bridgehead atoms. The van der Waals surface area contributed by atoms with Crippen LogP contribution in [0.4, 0.5) is 0 Å². The van der Waals surface area contributed by atoms with Crippen molar-refractivity contribution in [3.05, 3.63) is 0 Å². The third-order valence-corrected chi connectivity index (χ3v) is 2.04. The minimum atomic E-state index is -1.37. The molecular formula is C11H22O6. The van der Waals surface area contributed by atoms with Crippen LogP contribution in [0, 0.1) is 0 Å². The van der Waals surface area contributed by atoms with Crippen LogP contribution < -0.4 is 0 Å². The Hall–Kier alpha value is -0.690. The monoisotopic (exact) mass is 250 g/mol. The van der Waals surface area contributed by atoms with E-state index in [2.05, 4.69) is 0 Å². The predicted molar refractivity (Wildman–Crippen MR) is 60.6 cm³/mol. The molecule has 0 aromatic rings. The van der Waals surface area contributed by atoms with E-state index in [0.717, 1.165) is 0 Å². The Morgan fingerprint density at radius 3 is 2.00 bits per heavy atom. The van der Waals surface area contributed by atoms with Crippen LogP contribution in [0.3, 0.4) is 0 Å². The van der Waals surface area contributed by atoms with Gasteiger partial charge in [-0.1, -0.05) is 0 Å². The Balaban J connectivity index is 4.66. The van der Waals surface area contributed by atoms with E-state index >= 15 is 0 Å². The fraction of sp³-hybridized carbons (Fsp3) is 0.909. The fourth-order valence-electron chi connectivity index (χ4n) is 1.10. The van der Waals surface area contributed by atoms with Gasteiger partial charge in [0.15, 0.2) is 5.60 Å². The van der Waals surface area contributed by atoms with Crippen molar-refractivity contribution in [3.8, 4) is 0 Å². The molecule has 0 spiro atoms. The van der Waals surface area contributed by atoms with Gasteiger partial charge in [-0.2, -0.15) is 0 Å². The van der Waals surface area contributed by atoms with Gasteiger partial charge in [0.25, 0.3) is 0 Å². The van der Waals surface area contributed by atoms with E-state index in [9.17, 15) is 4.79 Å². The molecule has 0 aliphatic heterocycles. The van der Waals surface area contributed by atoms with Crippen LogP contribution in [0.15, 0.2) is 0 Å². The van der Waals surface area contributed by atoms with E-state index in [0.29, 0.717) is 13.2 Å². The molecule has 1 N–H and O–H groups in total. The molecule has 0 heterocycles. The summed E-state index contributed by atoms with van der Waals surface area (Å²) in [4.78, 5) is 11.0. The zero-order valence-electron chi connectivity index (χ0n) is 11.1. The highest BCUT2D eigenvalue weighted by atomic mass is 16.8. The standard InChI is InChI=1S/C11H22O6/c1-6-15-8(14-5)9(16-7-2)17-11(3,4)10(12)13/h8-9H,6-7H2,1-5H3,(H,12,13)/t8-,9-/m1/s1. The first-order chi connectivity index (χ1) is 7.88. The highest BCUT2D eigenvalue weighted by Crippen LogP contribution is 2.17. The summed E-state index contributed by atoms with van der Waals surface area (Å²) < 4.78 is 21.0. The molecule has 102 valence electrons. The van der Waals surface area contributed by atoms with Crippen LogP contribution in [0.5, 0.6) is 0 Å². The van der Waals surface area contributed by atoms with Crippen molar-refractivity contribution in [2.24, 2.45) is 0 Å². The summed E-state index contributed by atoms with van der Waals surface area (Å²) in [7, 11) is 1.45. The van der Waals surface area contributed by atoms with Crippen molar-refractivity contribution >= 4 is 5.97 Å². The average Bonchev–Trinajstić information content (AvgIpc) is 2.24. The summed E-state index contributed by atoms with van der Waals surface area (Å²) in [6.07, 6.45) is -1.63. The first-order valence-corrected chi connectivity index (χ1v) is 5.56. The molecule has 0 aromatic heterocycles. The van der Waals surface area contributed by atoms with E-state index in [4.69, 9.17) is 24.1 Å². The quantitative estimate of drug-likeness (QED) is 0.620. The van der Waals surface area contributed by atoms with E-state index < -0.39 is 24.2 Å². The van der Waals surface area contributed by atoms with Crippen molar-refractivity contribution < 1.29 is 28.8 Å². The molecule has 0 aliphatic rings. The molecule has 0 unspecified atom stereocenters. The van der Waals surface area contributed by atoms with Gasteiger partial charge in [-0.25, -0.2) is 4.79 Å². The zero-order chi connectivity index (χ0) is 13.5. The first-order valence-electron chi connectivity index (χ1n) is 5.56. The van der Waals surface area contributed by atoms with Gasteiger partial charge in [0.05, 0.1) is 0 Å². The second-order valence-electron chi connectivity index (χ2n) is 3.82. The molecule has 0 aromatic carbocycles. The molecule has 6 nitrogen and oxygen atoms in total. The maximum absolute atomic E-state index is 11.0. The summed E-state index contributed by atoms with van der Waals surface area (Å²) >= 11 is 0. The lowest BCUT2D eigenvalue weighted by Crippen LogP contribution is -2.45. The highest BCUT2D eigenvalue weighted by molar-refractivity contribution is 5.76. The Bertz CT molecular complexity index is 228. The van der Waals surface area contributed by atoms with Crippen LogP contribution in [-0.2, 0) is 23.7 Å². The number of carboxylic acids is 1. The zero-order valence-corrected chi connectivity index (χ0v) is 11.1. The summed E-state index contributed by atoms with van der Waals surface area (Å²) in [5, 5.41) is 8.98. The smallest absolute Gasteiger partial charge is 0.335 e. The Labute approximate surface area is 102 Å². The Kier molecular flexibility index (Phi) is 7.29. The van der Waals surface area contributed by atoms with Gasteiger partial charge in [0.1, 0.15) is 0 Å². The summed E-state index contributed by atoms with van der Waals surface area (Å²) in [6.45, 7) is 7.26. The Morgan fingerprint density at radius 1 is 1.18 bits per heavy atom. The van der Waals surface area contributed by atoms with Gasteiger partial charge in [-0.15, -0.1) is 0 Å². The lowest BCUT2D eigenvalue weighted by atomic mass is 10.1. The number of ether oxygens (including phenoxy) is 4. The number of hydrogen-bond acceptors (Lipinski definition) is 5. The molecule has 0 saturated carbocycles. The van der Waals surface area contributed by atoms with E-state index in [1.54, 1.807) is 13.8 Å². The fourth-order valence-corrected chi connectivity index (χ4v) is 1.10. The lowest BCUT2D eigenvalue weighted by molar-refractivity contribution is -0.300. The molecule has 0 amide bonds. The van der Waals surface area contributed by atoms with E-state index in [1.165, 1.54) is 21.0 Å². The SMILES string of the molecule is CCO[C@@H](OC)[C@H](OCC)OC(C)(C)C(=O)O. The number of aliphatic carboxylic acids is 1. The summed E-state index contributed by atoms with van der Waals surface area (Å²) in [6, 6.07) is 0. The van der Waals surface area contributed by atoms with Gasteiger partial charge >= 0.3 is 5.97 Å². The minimum Gasteiger partial charge on any atom is -0.479 e. The molecule has 6 heteroatoms. The number of carboxylic acid groups (broad SMARTS) is 1. The van der Waals surface area contributed by atoms with Crippen LogP contribution in [0.25, 0.3) is 0 Å². The molecular weight excluding hydrogens is 228 g/mol. The van der Waals surface area contributed by atoms with Crippen LogP contribution in [0.2, 0.25) is 0 Å². The Morgan fingerprint density at radius 2 is 1.65 bits per heavy atom. The minimum absolute atomic E-state index is 0.368. The van der Waals surface area contributed by atoms with E-state index in [1.807, 2.05) is 0 Å². The lowest BCUT2D eigenvalue weighted by Gasteiger charge is -2.31. The van der Waals surface area contributed by atoms with Gasteiger partial charge in [0, 0.05) is 20.3 Å². The second kappa shape index (κ2) is 7.60. The first kappa shape index (κ1) is 16.3. The van der Waals surface area contributed by atoms with Crippen LogP contribution in [0.1, 0.15) is 27.7 Å². The summed E-state index contributed by atoms with van der Waals surface area (Å²) in [5.74, 6) is -1.08. The molecule has 0 aliphatic carbocycles. The van der Waals surface area contributed by atoms with Crippen molar-refractivity contribution in [1.29, 1.82) is 0 Å².